The third-order valence-electron chi connectivity index (χ3n) is 5.39. The molecule has 3 aromatic carbocycles. The number of aliphatic carboxylic acids is 3. The third kappa shape index (κ3) is 14.7. The zero-order valence-electron chi connectivity index (χ0n) is 22.9. The van der Waals surface area contributed by atoms with E-state index in [0.29, 0.717) is 16.7 Å². The van der Waals surface area contributed by atoms with E-state index in [0.717, 1.165) is 0 Å². The van der Waals surface area contributed by atoms with Crippen LogP contribution in [0.1, 0.15) is 16.7 Å². The predicted molar refractivity (Wildman–Crippen MR) is 149 cm³/mol. The maximum atomic E-state index is 10.3. The average molecular weight is 816 g/mol. The zero-order valence-corrected chi connectivity index (χ0v) is 26.3. The number of phenols is 6. The number of hydrogen-bond acceptors (Lipinski definition) is 15. The molecule has 16 nitrogen and oxygen atoms in total. The van der Waals surface area contributed by atoms with Gasteiger partial charge in [0.1, 0.15) is 0 Å². The zero-order chi connectivity index (χ0) is 32.1. The van der Waals surface area contributed by atoms with Crippen molar-refractivity contribution in [2.24, 2.45) is 17.2 Å². The van der Waals surface area contributed by atoms with Crippen molar-refractivity contribution in [3.8, 4) is 34.5 Å². The maximum Gasteiger partial charge on any atom is 0.157 e. The Balaban J connectivity index is 0. The fourth-order valence-corrected chi connectivity index (χ4v) is 3.10. The summed E-state index contributed by atoms with van der Waals surface area (Å²) in [6, 6.07) is 8.71. The second kappa shape index (κ2) is 19.7. The molecule has 3 aromatic rings. The molecule has 0 aliphatic carbocycles. The fraction of sp³-hybridized carbons (Fsp3) is 0.222. The van der Waals surface area contributed by atoms with Crippen LogP contribution >= 0.6 is 0 Å². The van der Waals surface area contributed by atoms with Crippen LogP contribution in [0.5, 0.6) is 34.5 Å². The van der Waals surface area contributed by atoms with E-state index in [-0.39, 0.29) is 85.4 Å². The Morgan fingerprint density at radius 1 is 0.500 bits per heavy atom. The predicted octanol–water partition coefficient (Wildman–Crippen LogP) is -5.05. The van der Waals surface area contributed by atoms with E-state index in [1.54, 1.807) is 0 Å². The SMILES string of the molecule is N[C@@H](Cc1ccc(O)c(O)c1)C(=O)[O-].N[C@@H](Cc1ccc(O)c(O)c1)C(=O)[O-].N[C@@H](Cc1ccc(O)c(O)c1)C(=O)[O-].O.[Bi]. The summed E-state index contributed by atoms with van der Waals surface area (Å²) in [4.78, 5) is 30.9. The van der Waals surface area contributed by atoms with Crippen molar-refractivity contribution >= 4 is 44.1 Å². The molecular formula is C27H32BiN3O13-3. The first-order valence-electron chi connectivity index (χ1n) is 11.9. The Labute approximate surface area is 269 Å². The van der Waals surface area contributed by atoms with E-state index in [4.69, 9.17) is 47.8 Å². The van der Waals surface area contributed by atoms with Gasteiger partial charge in [0.25, 0.3) is 0 Å². The van der Waals surface area contributed by atoms with E-state index in [2.05, 4.69) is 0 Å². The molecule has 0 unspecified atom stereocenters. The topological polar surface area (TPSA) is 351 Å². The van der Waals surface area contributed by atoms with Gasteiger partial charge in [0.2, 0.25) is 0 Å². The Morgan fingerprint density at radius 2 is 0.705 bits per heavy atom. The molecule has 0 fully saturated rings. The standard InChI is InChI=1S/3C9H11NO4.Bi.H2O/c3*10-6(9(13)14)3-5-1-2-7(11)8(12)4-5;;/h3*1-2,4,6,11-12H,3,10H2,(H,13,14);;1H2/p-3/t3*6-;;/m000../s1. The van der Waals surface area contributed by atoms with Crippen LogP contribution in [-0.2, 0) is 33.6 Å². The molecule has 0 aliphatic rings. The van der Waals surface area contributed by atoms with Crippen molar-refractivity contribution in [3.05, 3.63) is 71.3 Å². The number of benzene rings is 3. The molecule has 0 saturated heterocycles. The molecule has 3 radical (unpaired) electrons. The van der Waals surface area contributed by atoms with Crippen molar-refractivity contribution in [1.29, 1.82) is 0 Å². The molecule has 3 atom stereocenters. The quantitative estimate of drug-likeness (QED) is 0.0721. The molecule has 44 heavy (non-hydrogen) atoms. The van der Waals surface area contributed by atoms with Gasteiger partial charge < -0.3 is 83.0 Å². The first-order chi connectivity index (χ1) is 19.5. The van der Waals surface area contributed by atoms with Gasteiger partial charge in [-0.05, 0) is 72.4 Å². The summed E-state index contributed by atoms with van der Waals surface area (Å²) in [5.41, 5.74) is 17.3. The number of rotatable bonds is 9. The summed E-state index contributed by atoms with van der Waals surface area (Å²) in [5, 5.41) is 85.1. The third-order valence-corrected chi connectivity index (χ3v) is 5.39. The first kappa shape index (κ1) is 41.7. The molecule has 0 spiro atoms. The van der Waals surface area contributed by atoms with Gasteiger partial charge in [-0.1, -0.05) is 18.2 Å². The summed E-state index contributed by atoms with van der Waals surface area (Å²) in [5.74, 6) is -5.70. The second-order valence-electron chi connectivity index (χ2n) is 8.86. The Morgan fingerprint density at radius 3 is 0.864 bits per heavy atom. The van der Waals surface area contributed by atoms with Crippen LogP contribution in [0.4, 0.5) is 0 Å². The number of carboxylic acid groups (broad SMARTS) is 3. The average Bonchev–Trinajstić information content (AvgIpc) is 2.91. The molecule has 0 bridgehead atoms. The monoisotopic (exact) mass is 815 g/mol. The maximum absolute atomic E-state index is 10.3. The number of carboxylic acids is 3. The van der Waals surface area contributed by atoms with Gasteiger partial charge in [-0.3, -0.25) is 0 Å². The minimum absolute atomic E-state index is 0. The van der Waals surface area contributed by atoms with E-state index < -0.39 is 36.0 Å². The van der Waals surface area contributed by atoms with E-state index in [9.17, 15) is 29.7 Å². The normalized spacial score (nSPS) is 11.8. The second-order valence-corrected chi connectivity index (χ2v) is 8.86. The number of hydrogen-bond donors (Lipinski definition) is 9. The molecule has 0 amide bonds. The molecule has 17 heteroatoms. The largest absolute Gasteiger partial charge is 0.548 e. The van der Waals surface area contributed by atoms with E-state index >= 15 is 0 Å². The van der Waals surface area contributed by atoms with Gasteiger partial charge in [0, 0.05) is 44.3 Å². The molecular weight excluding hydrogens is 783 g/mol. The van der Waals surface area contributed by atoms with Crippen molar-refractivity contribution in [3.63, 3.8) is 0 Å². The summed E-state index contributed by atoms with van der Waals surface area (Å²) in [6.07, 6.45) is 0.155. The fourth-order valence-electron chi connectivity index (χ4n) is 3.10. The number of phenolic OH excluding ortho intramolecular Hbond substituents is 6. The van der Waals surface area contributed by atoms with Crippen molar-refractivity contribution in [2.45, 2.75) is 37.4 Å². The van der Waals surface area contributed by atoms with Gasteiger partial charge in [-0.15, -0.1) is 0 Å². The van der Waals surface area contributed by atoms with Gasteiger partial charge >= 0.3 is 0 Å². The number of carbonyl (C=O) groups is 3. The van der Waals surface area contributed by atoms with Crippen LogP contribution in [0.3, 0.4) is 0 Å². The van der Waals surface area contributed by atoms with E-state index in [1.165, 1.54) is 54.6 Å². The van der Waals surface area contributed by atoms with Crippen LogP contribution in [0.15, 0.2) is 54.6 Å². The molecule has 14 N–H and O–H groups in total. The molecule has 0 aromatic heterocycles. The molecule has 0 aliphatic heterocycles. The van der Waals surface area contributed by atoms with Crippen LogP contribution in [0.2, 0.25) is 0 Å². The van der Waals surface area contributed by atoms with Crippen molar-refractivity contribution < 1.29 is 65.8 Å². The Bertz CT molecular complexity index is 1230. The van der Waals surface area contributed by atoms with Gasteiger partial charge in [-0.2, -0.15) is 0 Å². The van der Waals surface area contributed by atoms with Gasteiger partial charge in [-0.25, -0.2) is 0 Å². The number of carbonyl (C=O) groups excluding carboxylic acids is 3. The van der Waals surface area contributed by atoms with E-state index in [1.807, 2.05) is 0 Å². The van der Waals surface area contributed by atoms with Crippen LogP contribution in [-0.4, -0.2) is 98.4 Å². The summed E-state index contributed by atoms with van der Waals surface area (Å²) in [7, 11) is 0. The molecule has 0 saturated carbocycles. The molecule has 241 valence electrons. The van der Waals surface area contributed by atoms with Crippen molar-refractivity contribution in [1.82, 2.24) is 0 Å². The van der Waals surface area contributed by atoms with Gasteiger partial charge in [0.05, 0.1) is 17.9 Å². The molecule has 3 rings (SSSR count). The summed E-state index contributed by atoms with van der Waals surface area (Å²) in [6.45, 7) is 0. The summed E-state index contributed by atoms with van der Waals surface area (Å²) < 4.78 is 0. The van der Waals surface area contributed by atoms with Crippen LogP contribution in [0, 0.1) is 0 Å². The van der Waals surface area contributed by atoms with Crippen LogP contribution in [0.25, 0.3) is 0 Å². The Kier molecular flexibility index (Phi) is 18.7. The number of aromatic hydroxyl groups is 6. The van der Waals surface area contributed by atoms with Gasteiger partial charge in [0.15, 0.2) is 34.5 Å². The first-order valence-corrected chi connectivity index (χ1v) is 11.9. The van der Waals surface area contributed by atoms with Crippen LogP contribution < -0.4 is 32.5 Å². The minimum atomic E-state index is -1.35. The minimum Gasteiger partial charge on any atom is -0.548 e. The summed E-state index contributed by atoms with van der Waals surface area (Å²) >= 11 is 0. The van der Waals surface area contributed by atoms with Crippen molar-refractivity contribution in [2.75, 3.05) is 0 Å². The smallest absolute Gasteiger partial charge is 0.157 e. The molecule has 0 heterocycles. The Hall–Kier alpha value is -4.41. The number of nitrogens with two attached hydrogens (primary N) is 3.